The maximum atomic E-state index is 10.3. The molecule has 5 heteroatoms. The van der Waals surface area contributed by atoms with Crippen LogP contribution in [0.3, 0.4) is 0 Å². The second kappa shape index (κ2) is 3.96. The lowest BCUT2D eigenvalue weighted by atomic mass is 10.4. The van der Waals surface area contributed by atoms with Gasteiger partial charge in [-0.25, -0.2) is 9.78 Å². The van der Waals surface area contributed by atoms with E-state index >= 15 is 0 Å². The van der Waals surface area contributed by atoms with Gasteiger partial charge in [0.15, 0.2) is 0 Å². The van der Waals surface area contributed by atoms with Crippen molar-refractivity contribution in [1.29, 1.82) is 0 Å². The van der Waals surface area contributed by atoms with Gasteiger partial charge < -0.3 is 5.73 Å². The number of carbonyl (C=O) groups excluding carboxylic acids is 1. The van der Waals surface area contributed by atoms with Crippen LogP contribution in [0.25, 0.3) is 0 Å². The molecular weight excluding hydrogens is 174 g/mol. The molecule has 0 aromatic carbocycles. The monoisotopic (exact) mass is 183 g/mol. The van der Waals surface area contributed by atoms with E-state index < -0.39 is 6.03 Å². The van der Waals surface area contributed by atoms with Gasteiger partial charge >= 0.3 is 6.03 Å². The molecule has 1 heterocycles. The third kappa shape index (κ3) is 2.79. The smallest absolute Gasteiger partial charge is 0.322 e. The number of nitrogens with zero attached hydrogens (tertiary/aromatic N) is 1. The van der Waals surface area contributed by atoms with Crippen LogP contribution in [0.5, 0.6) is 0 Å². The molecule has 0 fully saturated rings. The highest BCUT2D eigenvalue weighted by Crippen LogP contribution is 2.10. The number of hydrogen-bond donors (Lipinski definition) is 2. The van der Waals surface area contributed by atoms with Crippen LogP contribution >= 0.6 is 11.9 Å². The lowest BCUT2D eigenvalue weighted by molar-refractivity contribution is 0.254. The summed E-state index contributed by atoms with van der Waals surface area (Å²) in [7, 11) is 0. The zero-order chi connectivity index (χ0) is 8.97. The van der Waals surface area contributed by atoms with Crippen LogP contribution in [-0.4, -0.2) is 11.0 Å². The molecule has 0 unspecified atom stereocenters. The van der Waals surface area contributed by atoms with Crippen LogP contribution in [0.2, 0.25) is 0 Å². The number of amides is 2. The van der Waals surface area contributed by atoms with Crippen LogP contribution in [-0.2, 0) is 0 Å². The number of urea groups is 1. The fourth-order valence-electron chi connectivity index (χ4n) is 0.677. The summed E-state index contributed by atoms with van der Waals surface area (Å²) in [4.78, 5) is 14.5. The van der Waals surface area contributed by atoms with Crippen LogP contribution in [0.15, 0.2) is 23.2 Å². The zero-order valence-electron chi connectivity index (χ0n) is 6.57. The van der Waals surface area contributed by atoms with E-state index in [1.54, 1.807) is 6.07 Å². The summed E-state index contributed by atoms with van der Waals surface area (Å²) in [5, 5.41) is 0.730. The van der Waals surface area contributed by atoms with Crippen molar-refractivity contribution < 1.29 is 4.79 Å². The highest BCUT2D eigenvalue weighted by Gasteiger charge is 1.96. The number of carbonyl (C=O) groups is 1. The van der Waals surface area contributed by atoms with Crippen molar-refractivity contribution in [3.8, 4) is 0 Å². The number of primary amides is 1. The summed E-state index contributed by atoms with van der Waals surface area (Å²) in [6, 6.07) is 4.98. The van der Waals surface area contributed by atoms with Crippen molar-refractivity contribution in [1.82, 2.24) is 9.71 Å². The minimum absolute atomic E-state index is 0.566. The standard InChI is InChI=1S/C7H9N3OS/c1-5-3-2-4-6(9-5)12-10-7(8)11/h2-4H,1H3,(H3,8,10,11). The van der Waals surface area contributed by atoms with Gasteiger partial charge in [-0.15, -0.1) is 0 Å². The van der Waals surface area contributed by atoms with Crippen LogP contribution in [0.4, 0.5) is 4.79 Å². The average molecular weight is 183 g/mol. The van der Waals surface area contributed by atoms with Gasteiger partial charge in [-0.1, -0.05) is 6.07 Å². The fourth-order valence-corrected chi connectivity index (χ4v) is 1.22. The molecule has 1 aromatic rings. The Balaban J connectivity index is 2.57. The molecule has 1 aromatic heterocycles. The number of hydrogen-bond acceptors (Lipinski definition) is 3. The summed E-state index contributed by atoms with van der Waals surface area (Å²) in [6.45, 7) is 1.88. The minimum atomic E-state index is -0.566. The molecule has 0 saturated heterocycles. The Kier molecular flexibility index (Phi) is 2.93. The van der Waals surface area contributed by atoms with Crippen molar-refractivity contribution in [2.24, 2.45) is 5.73 Å². The molecule has 0 atom stereocenters. The summed E-state index contributed by atoms with van der Waals surface area (Å²) in [6.07, 6.45) is 0. The van der Waals surface area contributed by atoms with Gasteiger partial charge in [-0.05, 0) is 19.1 Å². The van der Waals surface area contributed by atoms with Gasteiger partial charge in [0.1, 0.15) is 5.03 Å². The van der Waals surface area contributed by atoms with Crippen molar-refractivity contribution in [2.75, 3.05) is 0 Å². The predicted octanol–water partition coefficient (Wildman–Crippen LogP) is 1.07. The number of nitrogens with one attached hydrogen (secondary N) is 1. The molecule has 0 spiro atoms. The van der Waals surface area contributed by atoms with Crippen molar-refractivity contribution >= 4 is 18.0 Å². The molecular formula is C7H9N3OS. The molecule has 0 aliphatic carbocycles. The van der Waals surface area contributed by atoms with Crippen LogP contribution in [0.1, 0.15) is 5.69 Å². The third-order valence-electron chi connectivity index (χ3n) is 1.12. The third-order valence-corrected chi connectivity index (χ3v) is 1.86. The Labute approximate surface area is 74.7 Å². The van der Waals surface area contributed by atoms with Gasteiger partial charge in [0.2, 0.25) is 0 Å². The van der Waals surface area contributed by atoms with Gasteiger partial charge in [-0.2, -0.15) is 0 Å². The van der Waals surface area contributed by atoms with E-state index in [1.807, 2.05) is 19.1 Å². The number of aromatic nitrogens is 1. The van der Waals surface area contributed by atoms with E-state index in [0.29, 0.717) is 0 Å². The van der Waals surface area contributed by atoms with Gasteiger partial charge in [-0.3, -0.25) is 4.72 Å². The number of rotatable bonds is 2. The van der Waals surface area contributed by atoms with Crippen molar-refractivity contribution in [3.63, 3.8) is 0 Å². The second-order valence-electron chi connectivity index (χ2n) is 2.19. The first kappa shape index (κ1) is 8.86. The normalized spacial score (nSPS) is 9.42. The van der Waals surface area contributed by atoms with Gasteiger partial charge in [0.25, 0.3) is 0 Å². The fraction of sp³-hybridized carbons (Fsp3) is 0.143. The Morgan fingerprint density at radius 2 is 2.42 bits per heavy atom. The van der Waals surface area contributed by atoms with Crippen molar-refractivity contribution in [2.45, 2.75) is 11.9 Å². The molecule has 0 aliphatic rings. The van der Waals surface area contributed by atoms with E-state index in [1.165, 1.54) is 0 Å². The summed E-state index contributed by atoms with van der Waals surface area (Å²) < 4.78 is 2.38. The van der Waals surface area contributed by atoms with Gasteiger partial charge in [0.05, 0.1) is 0 Å². The molecule has 0 saturated carbocycles. The first-order chi connectivity index (χ1) is 5.68. The Hall–Kier alpha value is -1.23. The zero-order valence-corrected chi connectivity index (χ0v) is 7.39. The maximum Gasteiger partial charge on any atom is 0.322 e. The van der Waals surface area contributed by atoms with E-state index in [0.717, 1.165) is 22.7 Å². The summed E-state index contributed by atoms with van der Waals surface area (Å²) >= 11 is 1.11. The maximum absolute atomic E-state index is 10.3. The van der Waals surface area contributed by atoms with E-state index in [2.05, 4.69) is 9.71 Å². The molecule has 0 bridgehead atoms. The highest BCUT2D eigenvalue weighted by atomic mass is 32.2. The molecule has 3 N–H and O–H groups in total. The topological polar surface area (TPSA) is 68.0 Å². The molecule has 1 rings (SSSR count). The van der Waals surface area contributed by atoms with E-state index in [-0.39, 0.29) is 0 Å². The average Bonchev–Trinajstić information content (AvgIpc) is 2.01. The van der Waals surface area contributed by atoms with Crippen LogP contribution < -0.4 is 10.5 Å². The van der Waals surface area contributed by atoms with Crippen molar-refractivity contribution in [3.05, 3.63) is 23.9 Å². The highest BCUT2D eigenvalue weighted by molar-refractivity contribution is 7.97. The Morgan fingerprint density at radius 1 is 1.67 bits per heavy atom. The first-order valence-corrected chi connectivity index (χ1v) is 4.16. The molecule has 0 aliphatic heterocycles. The molecule has 64 valence electrons. The number of pyridine rings is 1. The molecule has 0 radical (unpaired) electrons. The lowest BCUT2D eigenvalue weighted by Crippen LogP contribution is -2.22. The molecule has 12 heavy (non-hydrogen) atoms. The molecule has 4 nitrogen and oxygen atoms in total. The SMILES string of the molecule is Cc1cccc(SNC(N)=O)n1. The Bertz CT molecular complexity index is 290. The molecule has 2 amide bonds. The second-order valence-corrected chi connectivity index (χ2v) is 3.01. The summed E-state index contributed by atoms with van der Waals surface area (Å²) in [5.74, 6) is 0. The lowest BCUT2D eigenvalue weighted by Gasteiger charge is -1.99. The summed E-state index contributed by atoms with van der Waals surface area (Å²) in [5.41, 5.74) is 5.79. The van der Waals surface area contributed by atoms with E-state index in [4.69, 9.17) is 5.73 Å². The quantitative estimate of drug-likeness (QED) is 0.674. The van der Waals surface area contributed by atoms with E-state index in [9.17, 15) is 4.79 Å². The number of nitrogens with two attached hydrogens (primary N) is 1. The predicted molar refractivity (Wildman–Crippen MR) is 47.6 cm³/mol. The Morgan fingerprint density at radius 3 is 3.00 bits per heavy atom. The largest absolute Gasteiger partial charge is 0.351 e. The minimum Gasteiger partial charge on any atom is -0.351 e. The van der Waals surface area contributed by atoms with Crippen LogP contribution in [0, 0.1) is 6.92 Å². The van der Waals surface area contributed by atoms with Gasteiger partial charge in [0, 0.05) is 17.6 Å². The first-order valence-electron chi connectivity index (χ1n) is 3.34. The number of aryl methyl sites for hydroxylation is 1.